The standard InChI is InChI=1S/C17H24BrNO4/c1-4-23-17(20)12-6-5-7-19(10-12)11-13-8-14(18)16(22-3)9-15(13)21-2/h8-9,12H,4-7,10-11H2,1-3H3/t12-/m1/s1. The Hall–Kier alpha value is -1.27. The van der Waals surface area contributed by atoms with Gasteiger partial charge in [-0.05, 0) is 48.3 Å². The number of piperidine rings is 1. The molecule has 1 saturated heterocycles. The van der Waals surface area contributed by atoms with Crippen LogP contribution in [0.25, 0.3) is 0 Å². The summed E-state index contributed by atoms with van der Waals surface area (Å²) in [5.41, 5.74) is 1.07. The number of methoxy groups -OCH3 is 2. The Morgan fingerprint density at radius 1 is 1.30 bits per heavy atom. The lowest BCUT2D eigenvalue weighted by atomic mass is 9.97. The van der Waals surface area contributed by atoms with Crippen LogP contribution < -0.4 is 9.47 Å². The van der Waals surface area contributed by atoms with E-state index in [0.29, 0.717) is 6.61 Å². The summed E-state index contributed by atoms with van der Waals surface area (Å²) in [5, 5.41) is 0. The summed E-state index contributed by atoms with van der Waals surface area (Å²) in [6.07, 6.45) is 1.90. The number of likely N-dealkylation sites (tertiary alicyclic amines) is 1. The largest absolute Gasteiger partial charge is 0.496 e. The Morgan fingerprint density at radius 2 is 2.04 bits per heavy atom. The van der Waals surface area contributed by atoms with E-state index in [2.05, 4.69) is 20.8 Å². The van der Waals surface area contributed by atoms with Gasteiger partial charge in [0.2, 0.25) is 0 Å². The third-order valence-corrected chi connectivity index (χ3v) is 4.69. The molecule has 0 bridgehead atoms. The molecule has 0 aliphatic carbocycles. The van der Waals surface area contributed by atoms with Crippen molar-refractivity contribution in [2.75, 3.05) is 33.9 Å². The van der Waals surface area contributed by atoms with Crippen molar-refractivity contribution in [3.8, 4) is 11.5 Å². The van der Waals surface area contributed by atoms with Crippen LogP contribution >= 0.6 is 15.9 Å². The minimum absolute atomic E-state index is 0.0311. The second-order valence-corrected chi connectivity index (χ2v) is 6.48. The van der Waals surface area contributed by atoms with E-state index < -0.39 is 0 Å². The van der Waals surface area contributed by atoms with Crippen LogP contribution in [-0.4, -0.2) is 44.8 Å². The van der Waals surface area contributed by atoms with Gasteiger partial charge in [0.15, 0.2) is 0 Å². The third-order valence-electron chi connectivity index (χ3n) is 4.07. The number of ether oxygens (including phenoxy) is 3. The van der Waals surface area contributed by atoms with Gasteiger partial charge in [0.05, 0.1) is 31.2 Å². The van der Waals surface area contributed by atoms with Crippen LogP contribution in [0.3, 0.4) is 0 Å². The summed E-state index contributed by atoms with van der Waals surface area (Å²) in [4.78, 5) is 14.2. The highest BCUT2D eigenvalue weighted by Crippen LogP contribution is 2.34. The first kappa shape index (κ1) is 18.1. The van der Waals surface area contributed by atoms with Crippen molar-refractivity contribution < 1.29 is 19.0 Å². The highest BCUT2D eigenvalue weighted by atomic mass is 79.9. The molecule has 1 aliphatic heterocycles. The van der Waals surface area contributed by atoms with Crippen LogP contribution in [0.1, 0.15) is 25.3 Å². The topological polar surface area (TPSA) is 48.0 Å². The third kappa shape index (κ3) is 4.61. The number of nitrogens with zero attached hydrogens (tertiary/aromatic N) is 1. The maximum Gasteiger partial charge on any atom is 0.310 e. The van der Waals surface area contributed by atoms with Gasteiger partial charge in [0, 0.05) is 24.7 Å². The number of carbonyl (C=O) groups excluding carboxylic acids is 1. The van der Waals surface area contributed by atoms with E-state index in [1.807, 2.05) is 19.1 Å². The van der Waals surface area contributed by atoms with Gasteiger partial charge in [-0.3, -0.25) is 9.69 Å². The lowest BCUT2D eigenvalue weighted by molar-refractivity contribution is -0.150. The fourth-order valence-corrected chi connectivity index (χ4v) is 3.49. The second kappa shape index (κ2) is 8.55. The van der Waals surface area contributed by atoms with Gasteiger partial charge in [-0.1, -0.05) is 0 Å². The van der Waals surface area contributed by atoms with E-state index in [1.165, 1.54) is 0 Å². The molecule has 2 rings (SSSR count). The van der Waals surface area contributed by atoms with E-state index in [4.69, 9.17) is 14.2 Å². The first-order chi connectivity index (χ1) is 11.1. The molecule has 1 atom stereocenters. The molecule has 0 saturated carbocycles. The Bertz CT molecular complexity index is 550. The lowest BCUT2D eigenvalue weighted by Crippen LogP contribution is -2.39. The van der Waals surface area contributed by atoms with Crippen molar-refractivity contribution in [3.05, 3.63) is 22.2 Å². The molecular weight excluding hydrogens is 362 g/mol. The van der Waals surface area contributed by atoms with Gasteiger partial charge in [0.1, 0.15) is 11.5 Å². The maximum atomic E-state index is 12.0. The number of hydrogen-bond acceptors (Lipinski definition) is 5. The molecule has 1 fully saturated rings. The Labute approximate surface area is 146 Å². The van der Waals surface area contributed by atoms with Crippen molar-refractivity contribution in [2.45, 2.75) is 26.3 Å². The van der Waals surface area contributed by atoms with Crippen LogP contribution in [0, 0.1) is 5.92 Å². The van der Waals surface area contributed by atoms with E-state index in [0.717, 1.165) is 54.0 Å². The Kier molecular flexibility index (Phi) is 6.72. The molecule has 0 aromatic heterocycles. The van der Waals surface area contributed by atoms with Crippen LogP contribution in [0.5, 0.6) is 11.5 Å². The smallest absolute Gasteiger partial charge is 0.310 e. The van der Waals surface area contributed by atoms with E-state index in [9.17, 15) is 4.79 Å². The number of rotatable bonds is 6. The molecule has 1 aromatic rings. The number of carbonyl (C=O) groups is 1. The van der Waals surface area contributed by atoms with Gasteiger partial charge < -0.3 is 14.2 Å². The molecule has 6 heteroatoms. The van der Waals surface area contributed by atoms with Gasteiger partial charge in [-0.2, -0.15) is 0 Å². The fraction of sp³-hybridized carbons (Fsp3) is 0.588. The summed E-state index contributed by atoms with van der Waals surface area (Å²) in [6, 6.07) is 3.90. The van der Waals surface area contributed by atoms with E-state index >= 15 is 0 Å². The molecule has 0 amide bonds. The summed E-state index contributed by atoms with van der Waals surface area (Å²) in [7, 11) is 3.29. The van der Waals surface area contributed by atoms with Crippen LogP contribution in [0.4, 0.5) is 0 Å². The summed E-state index contributed by atoms with van der Waals surface area (Å²) >= 11 is 3.52. The fourth-order valence-electron chi connectivity index (χ4n) is 2.94. The number of benzene rings is 1. The predicted octanol–water partition coefficient (Wildman–Crippen LogP) is 3.24. The molecule has 1 aromatic carbocycles. The van der Waals surface area contributed by atoms with Crippen LogP contribution in [0.2, 0.25) is 0 Å². The molecule has 1 aliphatic rings. The molecule has 128 valence electrons. The normalized spacial score (nSPS) is 18.5. The van der Waals surface area contributed by atoms with Crippen molar-refractivity contribution in [2.24, 2.45) is 5.92 Å². The van der Waals surface area contributed by atoms with Crippen LogP contribution in [-0.2, 0) is 16.1 Å². The van der Waals surface area contributed by atoms with Gasteiger partial charge in [-0.25, -0.2) is 0 Å². The Morgan fingerprint density at radius 3 is 2.70 bits per heavy atom. The van der Waals surface area contributed by atoms with E-state index in [-0.39, 0.29) is 11.9 Å². The zero-order chi connectivity index (χ0) is 16.8. The highest BCUT2D eigenvalue weighted by molar-refractivity contribution is 9.10. The molecule has 0 spiro atoms. The molecule has 23 heavy (non-hydrogen) atoms. The second-order valence-electron chi connectivity index (χ2n) is 5.62. The number of halogens is 1. The maximum absolute atomic E-state index is 12.0. The monoisotopic (exact) mass is 385 g/mol. The minimum Gasteiger partial charge on any atom is -0.496 e. The Balaban J connectivity index is 2.09. The van der Waals surface area contributed by atoms with Crippen molar-refractivity contribution in [1.82, 2.24) is 4.90 Å². The van der Waals surface area contributed by atoms with Crippen molar-refractivity contribution in [1.29, 1.82) is 0 Å². The summed E-state index contributed by atoms with van der Waals surface area (Å²) in [5.74, 6) is 1.42. The quantitative estimate of drug-likeness (QED) is 0.703. The first-order valence-electron chi connectivity index (χ1n) is 7.88. The summed E-state index contributed by atoms with van der Waals surface area (Å²) in [6.45, 7) is 4.73. The summed E-state index contributed by atoms with van der Waals surface area (Å²) < 4.78 is 16.8. The minimum atomic E-state index is -0.0833. The molecular formula is C17H24BrNO4. The van der Waals surface area contributed by atoms with Crippen molar-refractivity contribution in [3.63, 3.8) is 0 Å². The van der Waals surface area contributed by atoms with Gasteiger partial charge in [0.25, 0.3) is 0 Å². The average Bonchev–Trinajstić information content (AvgIpc) is 2.55. The predicted molar refractivity (Wildman–Crippen MR) is 91.9 cm³/mol. The van der Waals surface area contributed by atoms with Gasteiger partial charge >= 0.3 is 5.97 Å². The lowest BCUT2D eigenvalue weighted by Gasteiger charge is -2.31. The SMILES string of the molecule is CCOC(=O)[C@@H]1CCCN(Cc2cc(Br)c(OC)cc2OC)C1. The van der Waals surface area contributed by atoms with Crippen molar-refractivity contribution >= 4 is 21.9 Å². The highest BCUT2D eigenvalue weighted by Gasteiger charge is 2.27. The zero-order valence-electron chi connectivity index (χ0n) is 13.9. The molecule has 5 nitrogen and oxygen atoms in total. The first-order valence-corrected chi connectivity index (χ1v) is 8.67. The molecule has 0 unspecified atom stereocenters. The number of esters is 1. The molecule has 0 N–H and O–H groups in total. The zero-order valence-corrected chi connectivity index (χ0v) is 15.5. The molecule has 0 radical (unpaired) electrons. The molecule has 1 heterocycles. The van der Waals surface area contributed by atoms with E-state index in [1.54, 1.807) is 14.2 Å². The number of hydrogen-bond donors (Lipinski definition) is 0. The van der Waals surface area contributed by atoms with Gasteiger partial charge in [-0.15, -0.1) is 0 Å². The average molecular weight is 386 g/mol. The van der Waals surface area contributed by atoms with Crippen LogP contribution in [0.15, 0.2) is 16.6 Å².